The molecular weight excluding hydrogens is 208 g/mol. The van der Waals surface area contributed by atoms with Gasteiger partial charge in [0.2, 0.25) is 0 Å². The molecule has 1 saturated heterocycles. The van der Waals surface area contributed by atoms with E-state index in [-0.39, 0.29) is 0 Å². The zero-order valence-corrected chi connectivity index (χ0v) is 11.5. The predicted octanol–water partition coefficient (Wildman–Crippen LogP) is 4.26. The quantitative estimate of drug-likeness (QED) is 0.753. The first-order valence-corrected chi connectivity index (χ1v) is 6.82. The Hall–Kier alpha value is -0.820. The Kier molecular flexibility index (Phi) is 3.88. The molecule has 1 nitrogen and oxygen atoms in total. The summed E-state index contributed by atoms with van der Waals surface area (Å²) in [6.07, 6.45) is 2.78. The van der Waals surface area contributed by atoms with Gasteiger partial charge in [-0.2, -0.15) is 0 Å². The second-order valence-electron chi connectivity index (χ2n) is 5.75. The topological polar surface area (TPSA) is 9.23 Å². The molecule has 1 aromatic carbocycles. The van der Waals surface area contributed by atoms with E-state index in [1.165, 1.54) is 23.1 Å². The number of hydrogen-bond donors (Lipinski definition) is 0. The lowest BCUT2D eigenvalue weighted by molar-refractivity contribution is -0.0493. The molecule has 0 spiro atoms. The number of hydrogen-bond acceptors (Lipinski definition) is 1. The molecule has 1 unspecified atom stereocenters. The Morgan fingerprint density at radius 3 is 2.35 bits per heavy atom. The van der Waals surface area contributed by atoms with Gasteiger partial charge in [0.05, 0.1) is 6.10 Å². The fraction of sp³-hybridized carbons (Fsp3) is 0.625. The van der Waals surface area contributed by atoms with Gasteiger partial charge in [0.25, 0.3) is 0 Å². The van der Waals surface area contributed by atoms with Crippen molar-refractivity contribution in [3.63, 3.8) is 0 Å². The summed E-state index contributed by atoms with van der Waals surface area (Å²) >= 11 is 0. The zero-order valence-electron chi connectivity index (χ0n) is 11.5. The molecule has 0 aromatic heterocycles. The van der Waals surface area contributed by atoms with Gasteiger partial charge in [-0.05, 0) is 41.4 Å². The van der Waals surface area contributed by atoms with Crippen LogP contribution in [0.3, 0.4) is 0 Å². The van der Waals surface area contributed by atoms with E-state index in [9.17, 15) is 0 Å². The fourth-order valence-electron chi connectivity index (χ4n) is 2.42. The molecule has 1 aromatic rings. The van der Waals surface area contributed by atoms with E-state index in [1.807, 2.05) is 0 Å². The molecule has 0 radical (unpaired) electrons. The molecule has 0 N–H and O–H groups in total. The van der Waals surface area contributed by atoms with Gasteiger partial charge in [0, 0.05) is 6.61 Å². The summed E-state index contributed by atoms with van der Waals surface area (Å²) in [6, 6.07) is 6.99. The highest BCUT2D eigenvalue weighted by Crippen LogP contribution is 2.27. The van der Waals surface area contributed by atoms with Gasteiger partial charge in [-0.1, -0.05) is 45.9 Å². The summed E-state index contributed by atoms with van der Waals surface area (Å²) < 4.78 is 5.57. The van der Waals surface area contributed by atoms with Crippen LogP contribution in [0.5, 0.6) is 0 Å². The maximum absolute atomic E-state index is 5.57. The zero-order chi connectivity index (χ0) is 12.4. The highest BCUT2D eigenvalue weighted by molar-refractivity contribution is 5.36. The van der Waals surface area contributed by atoms with Gasteiger partial charge in [0.15, 0.2) is 0 Å². The van der Waals surface area contributed by atoms with Crippen LogP contribution in [0.2, 0.25) is 0 Å². The van der Waals surface area contributed by atoms with E-state index in [0.29, 0.717) is 17.9 Å². The first-order valence-electron chi connectivity index (χ1n) is 6.82. The van der Waals surface area contributed by atoms with E-state index < -0.39 is 0 Å². The molecule has 1 heterocycles. The van der Waals surface area contributed by atoms with Crippen LogP contribution in [-0.2, 0) is 11.2 Å². The van der Waals surface area contributed by atoms with E-state index in [2.05, 4.69) is 45.9 Å². The molecule has 1 fully saturated rings. The highest BCUT2D eigenvalue weighted by atomic mass is 16.5. The molecule has 0 aliphatic carbocycles. The molecule has 0 saturated carbocycles. The Labute approximate surface area is 105 Å². The van der Waals surface area contributed by atoms with E-state index in [0.717, 1.165) is 13.0 Å². The van der Waals surface area contributed by atoms with Crippen LogP contribution in [0.1, 0.15) is 62.6 Å². The lowest BCUT2D eigenvalue weighted by Crippen LogP contribution is -2.29. The largest absolute Gasteiger partial charge is 0.378 e. The summed E-state index contributed by atoms with van der Waals surface area (Å²) in [5.74, 6) is 1.21. The molecule has 0 bridgehead atoms. The van der Waals surface area contributed by atoms with Crippen molar-refractivity contribution in [2.75, 3.05) is 6.61 Å². The summed E-state index contributed by atoms with van der Waals surface area (Å²) in [7, 11) is 0. The molecule has 1 heteroatoms. The standard InChI is InChI=1S/C16H24O/c1-11(2)13-5-6-16(12(3)4)14(9-13)10-15-7-8-17-15/h5-6,9,11-12,15H,7-8,10H2,1-4H3. The van der Waals surface area contributed by atoms with E-state index in [4.69, 9.17) is 4.74 Å². The smallest absolute Gasteiger partial charge is 0.0637 e. The average Bonchev–Trinajstić information content (AvgIpc) is 2.22. The Morgan fingerprint density at radius 1 is 1.18 bits per heavy atom. The van der Waals surface area contributed by atoms with Crippen molar-refractivity contribution in [1.29, 1.82) is 0 Å². The average molecular weight is 232 g/mol. The van der Waals surface area contributed by atoms with Crippen LogP contribution in [0.15, 0.2) is 18.2 Å². The van der Waals surface area contributed by atoms with Gasteiger partial charge >= 0.3 is 0 Å². The van der Waals surface area contributed by atoms with Crippen molar-refractivity contribution in [2.24, 2.45) is 0 Å². The van der Waals surface area contributed by atoms with Gasteiger partial charge < -0.3 is 4.74 Å². The lowest BCUT2D eigenvalue weighted by Gasteiger charge is -2.28. The molecular formula is C16H24O. The molecule has 2 rings (SSSR count). The fourth-order valence-corrected chi connectivity index (χ4v) is 2.42. The van der Waals surface area contributed by atoms with Crippen LogP contribution >= 0.6 is 0 Å². The van der Waals surface area contributed by atoms with Gasteiger partial charge in [-0.3, -0.25) is 0 Å². The van der Waals surface area contributed by atoms with Crippen molar-refractivity contribution in [2.45, 2.75) is 58.5 Å². The van der Waals surface area contributed by atoms with Crippen molar-refractivity contribution in [1.82, 2.24) is 0 Å². The Bertz CT molecular complexity index is 375. The van der Waals surface area contributed by atoms with Crippen molar-refractivity contribution >= 4 is 0 Å². The third kappa shape index (κ3) is 2.90. The maximum Gasteiger partial charge on any atom is 0.0637 e. The summed E-state index contributed by atoms with van der Waals surface area (Å²) in [5, 5.41) is 0. The molecule has 94 valence electrons. The maximum atomic E-state index is 5.57. The monoisotopic (exact) mass is 232 g/mol. The van der Waals surface area contributed by atoms with Crippen LogP contribution < -0.4 is 0 Å². The van der Waals surface area contributed by atoms with E-state index >= 15 is 0 Å². The minimum Gasteiger partial charge on any atom is -0.378 e. The second-order valence-corrected chi connectivity index (χ2v) is 5.75. The number of ether oxygens (including phenoxy) is 1. The molecule has 1 atom stereocenters. The van der Waals surface area contributed by atoms with Gasteiger partial charge in [0.1, 0.15) is 0 Å². The normalized spacial score (nSPS) is 19.8. The van der Waals surface area contributed by atoms with Gasteiger partial charge in [-0.15, -0.1) is 0 Å². The lowest BCUT2D eigenvalue weighted by atomic mass is 9.88. The Morgan fingerprint density at radius 2 is 1.88 bits per heavy atom. The second kappa shape index (κ2) is 5.22. The Balaban J connectivity index is 2.25. The first kappa shape index (κ1) is 12.6. The van der Waals surface area contributed by atoms with Gasteiger partial charge in [-0.25, -0.2) is 0 Å². The molecule has 0 amide bonds. The third-order valence-electron chi connectivity index (χ3n) is 3.70. The van der Waals surface area contributed by atoms with Crippen LogP contribution in [0.25, 0.3) is 0 Å². The summed E-state index contributed by atoms with van der Waals surface area (Å²) in [4.78, 5) is 0. The van der Waals surface area contributed by atoms with Crippen molar-refractivity contribution in [3.8, 4) is 0 Å². The number of benzene rings is 1. The van der Waals surface area contributed by atoms with Crippen molar-refractivity contribution in [3.05, 3.63) is 34.9 Å². The molecule has 1 aliphatic rings. The van der Waals surface area contributed by atoms with Crippen molar-refractivity contribution < 1.29 is 4.74 Å². The minimum atomic E-state index is 0.468. The highest BCUT2D eigenvalue weighted by Gasteiger charge is 2.20. The predicted molar refractivity (Wildman–Crippen MR) is 72.7 cm³/mol. The summed E-state index contributed by atoms with van der Waals surface area (Å²) in [6.45, 7) is 10.0. The third-order valence-corrected chi connectivity index (χ3v) is 3.70. The SMILES string of the molecule is CC(C)c1ccc(C(C)C)c(CC2CCO2)c1. The minimum absolute atomic E-state index is 0.468. The van der Waals surface area contributed by atoms with Crippen LogP contribution in [0, 0.1) is 0 Å². The van der Waals surface area contributed by atoms with Crippen LogP contribution in [-0.4, -0.2) is 12.7 Å². The van der Waals surface area contributed by atoms with Crippen LogP contribution in [0.4, 0.5) is 0 Å². The summed E-state index contributed by atoms with van der Waals surface area (Å²) in [5.41, 5.74) is 4.43. The number of rotatable bonds is 4. The first-order chi connectivity index (χ1) is 8.08. The van der Waals surface area contributed by atoms with E-state index in [1.54, 1.807) is 0 Å². The molecule has 1 aliphatic heterocycles. The molecule has 17 heavy (non-hydrogen) atoms.